The van der Waals surface area contributed by atoms with Gasteiger partial charge in [0, 0.05) is 6.07 Å². The van der Waals surface area contributed by atoms with E-state index in [-0.39, 0.29) is 11.3 Å². The summed E-state index contributed by atoms with van der Waals surface area (Å²) in [5, 5.41) is 23.4. The Bertz CT molecular complexity index is 668. The highest BCUT2D eigenvalue weighted by molar-refractivity contribution is 5.99. The van der Waals surface area contributed by atoms with E-state index in [4.69, 9.17) is 4.74 Å². The van der Waals surface area contributed by atoms with E-state index in [1.165, 1.54) is 25.3 Å². The van der Waals surface area contributed by atoms with Gasteiger partial charge in [0.15, 0.2) is 0 Å². The lowest BCUT2D eigenvalue weighted by Gasteiger charge is -2.34. The molecule has 0 spiro atoms. The summed E-state index contributed by atoms with van der Waals surface area (Å²) in [6.07, 6.45) is 2.96. The number of amides is 1. The molecule has 1 N–H and O–H groups in total. The predicted octanol–water partition coefficient (Wildman–Crippen LogP) is 2.81. The molecule has 2 rings (SSSR count). The van der Waals surface area contributed by atoms with E-state index in [9.17, 15) is 20.2 Å². The number of hydrogen-bond acceptors (Lipinski definition) is 5. The third kappa shape index (κ3) is 3.59. The smallest absolute Gasteiger partial charge is 0.282 e. The van der Waals surface area contributed by atoms with Crippen molar-refractivity contribution in [1.29, 1.82) is 5.26 Å². The lowest BCUT2D eigenvalue weighted by molar-refractivity contribution is -0.385. The molecule has 2 atom stereocenters. The minimum atomic E-state index is -0.967. The third-order valence-electron chi connectivity index (χ3n) is 4.21. The fraction of sp³-hybridized carbons (Fsp3) is 0.500. The van der Waals surface area contributed by atoms with Gasteiger partial charge in [-0.15, -0.1) is 0 Å². The summed E-state index contributed by atoms with van der Waals surface area (Å²) in [5.74, 6) is 0.0546. The molecule has 1 aromatic carbocycles. The van der Waals surface area contributed by atoms with E-state index >= 15 is 0 Å². The number of methoxy groups -OCH3 is 1. The van der Waals surface area contributed by atoms with Crippen LogP contribution in [0.25, 0.3) is 0 Å². The average molecular weight is 317 g/mol. The van der Waals surface area contributed by atoms with E-state index < -0.39 is 16.4 Å². The highest BCUT2D eigenvalue weighted by atomic mass is 16.6. The molecule has 23 heavy (non-hydrogen) atoms. The Balaban J connectivity index is 2.33. The summed E-state index contributed by atoms with van der Waals surface area (Å²) < 4.78 is 5.03. The van der Waals surface area contributed by atoms with Crippen LogP contribution in [0.3, 0.4) is 0 Å². The van der Waals surface area contributed by atoms with Gasteiger partial charge in [-0.2, -0.15) is 5.26 Å². The summed E-state index contributed by atoms with van der Waals surface area (Å²) in [4.78, 5) is 23.1. The Hall–Kier alpha value is -2.62. The van der Waals surface area contributed by atoms with E-state index in [2.05, 4.69) is 11.4 Å². The van der Waals surface area contributed by atoms with Gasteiger partial charge < -0.3 is 10.1 Å². The molecular formula is C16H19N3O4. The molecule has 0 radical (unpaired) electrons. The van der Waals surface area contributed by atoms with Crippen LogP contribution in [0.15, 0.2) is 18.2 Å². The molecule has 1 aromatic rings. The normalized spacial score (nSPS) is 23.6. The first kappa shape index (κ1) is 16.7. The molecule has 0 heterocycles. The summed E-state index contributed by atoms with van der Waals surface area (Å²) in [5.41, 5.74) is -1.37. The molecule has 1 fully saturated rings. The largest absolute Gasteiger partial charge is 0.497 e. The highest BCUT2D eigenvalue weighted by Crippen LogP contribution is 2.33. The molecule has 1 amide bonds. The van der Waals surface area contributed by atoms with Crippen molar-refractivity contribution in [2.24, 2.45) is 5.92 Å². The van der Waals surface area contributed by atoms with Crippen LogP contribution >= 0.6 is 0 Å². The molecule has 1 aliphatic carbocycles. The maximum Gasteiger partial charge on any atom is 0.282 e. The first-order valence-corrected chi connectivity index (χ1v) is 7.47. The number of hydrogen-bond donors (Lipinski definition) is 1. The summed E-state index contributed by atoms with van der Waals surface area (Å²) >= 11 is 0. The van der Waals surface area contributed by atoms with Crippen LogP contribution in [0.5, 0.6) is 5.75 Å². The molecule has 0 aliphatic heterocycles. The number of nitro benzene ring substituents is 1. The molecule has 0 unspecified atom stereocenters. The molecular weight excluding hydrogens is 298 g/mol. The minimum Gasteiger partial charge on any atom is -0.497 e. The number of nitrogens with zero attached hydrogens (tertiary/aromatic N) is 2. The quantitative estimate of drug-likeness (QED) is 0.679. The van der Waals surface area contributed by atoms with Crippen molar-refractivity contribution in [3.63, 3.8) is 0 Å². The number of ether oxygens (including phenoxy) is 1. The van der Waals surface area contributed by atoms with Gasteiger partial charge in [-0.1, -0.05) is 13.3 Å². The Morgan fingerprint density at radius 1 is 1.57 bits per heavy atom. The van der Waals surface area contributed by atoms with Crippen molar-refractivity contribution in [1.82, 2.24) is 5.32 Å². The molecule has 7 heteroatoms. The van der Waals surface area contributed by atoms with Crippen molar-refractivity contribution in [3.05, 3.63) is 33.9 Å². The van der Waals surface area contributed by atoms with Crippen molar-refractivity contribution in [2.75, 3.05) is 7.11 Å². The zero-order valence-corrected chi connectivity index (χ0v) is 13.2. The predicted molar refractivity (Wildman–Crippen MR) is 83.1 cm³/mol. The van der Waals surface area contributed by atoms with Crippen LogP contribution in [0.1, 0.15) is 43.0 Å². The number of nitro groups is 1. The van der Waals surface area contributed by atoms with Gasteiger partial charge in [0.25, 0.3) is 11.6 Å². The number of benzene rings is 1. The van der Waals surface area contributed by atoms with Crippen LogP contribution in [-0.4, -0.2) is 23.5 Å². The summed E-state index contributed by atoms with van der Waals surface area (Å²) in [7, 11) is 1.42. The molecule has 0 bridgehead atoms. The van der Waals surface area contributed by atoms with Crippen LogP contribution in [-0.2, 0) is 0 Å². The van der Waals surface area contributed by atoms with E-state index in [0.29, 0.717) is 24.5 Å². The molecule has 0 aromatic heterocycles. The summed E-state index contributed by atoms with van der Waals surface area (Å²) in [6, 6.07) is 6.18. The Labute approximate surface area is 134 Å². The number of rotatable bonds is 4. The number of carbonyl (C=O) groups is 1. The Kier molecular flexibility index (Phi) is 4.84. The fourth-order valence-corrected chi connectivity index (χ4v) is 3.06. The molecule has 1 saturated carbocycles. The van der Waals surface area contributed by atoms with Gasteiger partial charge in [0.05, 0.1) is 18.1 Å². The van der Waals surface area contributed by atoms with Crippen LogP contribution in [0.2, 0.25) is 0 Å². The maximum atomic E-state index is 12.6. The SMILES string of the molecule is COc1ccc([N+](=O)[O-])c(C(=O)N[C@@]2(C#N)CCC[C@@H](C)C2)c1. The first-order chi connectivity index (χ1) is 10.9. The highest BCUT2D eigenvalue weighted by Gasteiger charge is 2.37. The lowest BCUT2D eigenvalue weighted by atomic mass is 9.77. The average Bonchev–Trinajstić information content (AvgIpc) is 2.54. The van der Waals surface area contributed by atoms with Gasteiger partial charge in [0.1, 0.15) is 16.9 Å². The summed E-state index contributed by atoms with van der Waals surface area (Å²) in [6.45, 7) is 2.03. The van der Waals surface area contributed by atoms with E-state index in [0.717, 1.165) is 12.8 Å². The van der Waals surface area contributed by atoms with E-state index in [1.807, 2.05) is 6.92 Å². The molecule has 1 aliphatic rings. The van der Waals surface area contributed by atoms with Gasteiger partial charge in [-0.05, 0) is 37.3 Å². The van der Waals surface area contributed by atoms with Gasteiger partial charge in [-0.25, -0.2) is 0 Å². The van der Waals surface area contributed by atoms with E-state index in [1.54, 1.807) is 0 Å². The second-order valence-electron chi connectivity index (χ2n) is 5.99. The van der Waals surface area contributed by atoms with Crippen molar-refractivity contribution in [3.8, 4) is 11.8 Å². The molecule has 122 valence electrons. The van der Waals surface area contributed by atoms with Crippen LogP contribution in [0.4, 0.5) is 5.69 Å². The van der Waals surface area contributed by atoms with Crippen molar-refractivity contribution >= 4 is 11.6 Å². The number of carbonyl (C=O) groups excluding carboxylic acids is 1. The van der Waals surface area contributed by atoms with Gasteiger partial charge in [0.2, 0.25) is 0 Å². The monoisotopic (exact) mass is 317 g/mol. The van der Waals surface area contributed by atoms with Crippen LogP contribution < -0.4 is 10.1 Å². The molecule has 0 saturated heterocycles. The number of nitrogens with one attached hydrogen (secondary N) is 1. The number of nitriles is 1. The van der Waals surface area contributed by atoms with Crippen LogP contribution in [0, 0.1) is 27.4 Å². The van der Waals surface area contributed by atoms with Gasteiger partial charge in [-0.3, -0.25) is 14.9 Å². The first-order valence-electron chi connectivity index (χ1n) is 7.47. The van der Waals surface area contributed by atoms with Crippen molar-refractivity contribution in [2.45, 2.75) is 38.1 Å². The van der Waals surface area contributed by atoms with Gasteiger partial charge >= 0.3 is 0 Å². The fourth-order valence-electron chi connectivity index (χ4n) is 3.06. The topological polar surface area (TPSA) is 105 Å². The standard InChI is InChI=1S/C16H19N3O4/c1-11-4-3-7-16(9-11,10-17)18-15(20)13-8-12(23-2)5-6-14(13)19(21)22/h5-6,8,11H,3-4,7,9H2,1-2H3,(H,18,20)/t11-,16+/m1/s1. The minimum absolute atomic E-state index is 0.0952. The maximum absolute atomic E-state index is 12.6. The Morgan fingerprint density at radius 3 is 2.87 bits per heavy atom. The van der Waals surface area contributed by atoms with Crippen molar-refractivity contribution < 1.29 is 14.5 Å². The zero-order valence-electron chi connectivity index (χ0n) is 13.2. The molecule has 7 nitrogen and oxygen atoms in total. The lowest BCUT2D eigenvalue weighted by Crippen LogP contribution is -2.50. The Morgan fingerprint density at radius 2 is 2.30 bits per heavy atom. The second kappa shape index (κ2) is 6.65. The zero-order chi connectivity index (χ0) is 17.0. The second-order valence-corrected chi connectivity index (χ2v) is 5.99. The third-order valence-corrected chi connectivity index (χ3v) is 4.21.